The number of hydrogen-bond donors (Lipinski definition) is 2. The first-order chi connectivity index (χ1) is 19.8. The van der Waals surface area contributed by atoms with Crippen molar-refractivity contribution in [3.05, 3.63) is 42.2 Å². The summed E-state index contributed by atoms with van der Waals surface area (Å²) in [5, 5.41) is 13.2. The summed E-state index contributed by atoms with van der Waals surface area (Å²) in [5.74, 6) is -0.836. The number of furan rings is 1. The number of piperidine rings is 1. The van der Waals surface area contributed by atoms with Crippen LogP contribution in [0.1, 0.15) is 12.8 Å². The van der Waals surface area contributed by atoms with E-state index in [4.69, 9.17) is 20.0 Å². The molecule has 5 heterocycles. The van der Waals surface area contributed by atoms with Crippen LogP contribution in [0.5, 0.6) is 5.75 Å². The van der Waals surface area contributed by atoms with Gasteiger partial charge in [-0.3, -0.25) is 4.90 Å². The van der Waals surface area contributed by atoms with Crippen LogP contribution in [-0.4, -0.2) is 93.0 Å². The summed E-state index contributed by atoms with van der Waals surface area (Å²) in [6, 6.07) is 5.49. The van der Waals surface area contributed by atoms with Crippen molar-refractivity contribution in [3.8, 4) is 17.3 Å². The van der Waals surface area contributed by atoms with Crippen molar-refractivity contribution in [2.24, 2.45) is 5.92 Å². The van der Waals surface area contributed by atoms with Gasteiger partial charge in [-0.2, -0.15) is 19.5 Å². The molecule has 6 rings (SSSR count). The second-order valence-electron chi connectivity index (χ2n) is 10.2. The summed E-state index contributed by atoms with van der Waals surface area (Å²) in [6.07, 6.45) is 3.58. The van der Waals surface area contributed by atoms with E-state index in [0.717, 1.165) is 38.5 Å². The largest absolute Gasteiger partial charge is 0.479 e. The fourth-order valence-electron chi connectivity index (χ4n) is 5.39. The minimum atomic E-state index is -1.24. The monoisotopic (exact) mass is 569 g/mol. The Morgan fingerprint density at radius 1 is 1.10 bits per heavy atom. The van der Waals surface area contributed by atoms with Crippen LogP contribution in [0, 0.1) is 17.6 Å². The van der Waals surface area contributed by atoms with E-state index in [2.05, 4.69) is 29.9 Å². The van der Waals surface area contributed by atoms with Crippen molar-refractivity contribution in [1.29, 1.82) is 0 Å². The molecule has 2 aliphatic rings. The lowest BCUT2D eigenvalue weighted by Crippen LogP contribution is -2.50. The predicted molar refractivity (Wildman–Crippen MR) is 144 cm³/mol. The van der Waals surface area contributed by atoms with Gasteiger partial charge in [0.15, 0.2) is 23.9 Å². The molecule has 15 heteroatoms. The number of aliphatic carboxylic acids is 1. The fraction of sp³-hybridized carbons (Fsp3) is 0.423. The zero-order valence-electron chi connectivity index (χ0n) is 22.1. The number of nitrogens with two attached hydrogens (primary N) is 1. The van der Waals surface area contributed by atoms with Gasteiger partial charge in [-0.05, 0) is 30.9 Å². The molecule has 0 spiro atoms. The van der Waals surface area contributed by atoms with Gasteiger partial charge in [-0.25, -0.2) is 13.6 Å². The molecule has 216 valence electrons. The molecule has 4 aromatic rings. The van der Waals surface area contributed by atoms with Gasteiger partial charge < -0.3 is 29.8 Å². The molecule has 1 aromatic carbocycles. The van der Waals surface area contributed by atoms with Crippen LogP contribution in [-0.2, 0) is 4.79 Å². The number of carboxylic acids is 1. The van der Waals surface area contributed by atoms with Gasteiger partial charge in [0.25, 0.3) is 5.78 Å². The van der Waals surface area contributed by atoms with Gasteiger partial charge in [-0.1, -0.05) is 0 Å². The van der Waals surface area contributed by atoms with Crippen LogP contribution in [0.2, 0.25) is 0 Å². The Morgan fingerprint density at radius 3 is 2.68 bits per heavy atom. The van der Waals surface area contributed by atoms with E-state index in [9.17, 15) is 13.6 Å². The van der Waals surface area contributed by atoms with Crippen LogP contribution in [0.15, 0.2) is 34.9 Å². The molecule has 0 radical (unpaired) electrons. The third-order valence-corrected chi connectivity index (χ3v) is 7.35. The summed E-state index contributed by atoms with van der Waals surface area (Å²) in [5.41, 5.74) is 6.39. The third-order valence-electron chi connectivity index (χ3n) is 7.35. The molecule has 3 aromatic heterocycles. The van der Waals surface area contributed by atoms with Crippen LogP contribution >= 0.6 is 0 Å². The van der Waals surface area contributed by atoms with E-state index in [1.54, 1.807) is 18.4 Å². The first-order valence-corrected chi connectivity index (χ1v) is 13.3. The zero-order valence-corrected chi connectivity index (χ0v) is 22.1. The summed E-state index contributed by atoms with van der Waals surface area (Å²) in [4.78, 5) is 30.6. The molecule has 1 atom stereocenters. The average Bonchev–Trinajstić information content (AvgIpc) is 3.64. The Bertz CT molecular complexity index is 1540. The van der Waals surface area contributed by atoms with E-state index < -0.39 is 24.2 Å². The normalized spacial score (nSPS) is 18.2. The van der Waals surface area contributed by atoms with Crippen LogP contribution in [0.25, 0.3) is 17.4 Å². The number of piperazine rings is 1. The maximum absolute atomic E-state index is 14.6. The molecule has 0 amide bonds. The number of halogens is 2. The van der Waals surface area contributed by atoms with E-state index in [1.807, 2.05) is 4.90 Å². The minimum absolute atomic E-state index is 0.193. The Labute approximate surface area is 233 Å². The lowest BCUT2D eigenvalue weighted by Gasteiger charge is -2.40. The molecule has 41 heavy (non-hydrogen) atoms. The molecule has 2 fully saturated rings. The van der Waals surface area contributed by atoms with Gasteiger partial charge in [-0.15, -0.1) is 5.10 Å². The van der Waals surface area contributed by atoms with Gasteiger partial charge in [0.05, 0.1) is 12.0 Å². The first kappa shape index (κ1) is 26.7. The maximum atomic E-state index is 14.6. The molecule has 3 N–H and O–H groups in total. The number of hydrogen-bond acceptors (Lipinski definition) is 11. The third kappa shape index (κ3) is 5.70. The maximum Gasteiger partial charge on any atom is 0.341 e. The summed E-state index contributed by atoms with van der Waals surface area (Å²) in [6.45, 7) is 4.18. The van der Waals surface area contributed by atoms with E-state index in [1.165, 1.54) is 10.6 Å². The molecular formula is C26H29F2N9O4. The van der Waals surface area contributed by atoms with Crippen LogP contribution in [0.3, 0.4) is 0 Å². The lowest BCUT2D eigenvalue weighted by molar-refractivity contribution is -0.139. The van der Waals surface area contributed by atoms with Gasteiger partial charge in [0, 0.05) is 57.9 Å². The van der Waals surface area contributed by atoms with Crippen molar-refractivity contribution in [2.75, 3.05) is 68.0 Å². The van der Waals surface area contributed by atoms with Gasteiger partial charge in [0.1, 0.15) is 5.82 Å². The summed E-state index contributed by atoms with van der Waals surface area (Å²) in [7, 11) is 0. The lowest BCUT2D eigenvalue weighted by atomic mass is 9.97. The van der Waals surface area contributed by atoms with Gasteiger partial charge >= 0.3 is 5.97 Å². The molecule has 0 saturated carbocycles. The zero-order chi connectivity index (χ0) is 28.5. The molecular weight excluding hydrogens is 540 g/mol. The Morgan fingerprint density at radius 2 is 1.93 bits per heavy atom. The van der Waals surface area contributed by atoms with Crippen molar-refractivity contribution in [3.63, 3.8) is 0 Å². The molecule has 0 bridgehead atoms. The molecule has 13 nitrogen and oxygen atoms in total. The second kappa shape index (κ2) is 11.2. The number of benzene rings is 1. The Kier molecular flexibility index (Phi) is 7.26. The molecule has 0 unspecified atom stereocenters. The number of aromatic nitrogens is 5. The highest BCUT2D eigenvalue weighted by Gasteiger charge is 2.28. The van der Waals surface area contributed by atoms with Crippen molar-refractivity contribution < 1.29 is 27.8 Å². The summed E-state index contributed by atoms with van der Waals surface area (Å²) >= 11 is 0. The number of carbonyl (C=O) groups is 1. The SMILES string of the molecule is Nc1nc(N2CCC[C@@H](CN3CCN(c4cc(OCC(=O)O)c(F)cc4F)CC3)C2)nc2nc(-c3ccco3)nn12. The predicted octanol–water partition coefficient (Wildman–Crippen LogP) is 2.14. The number of nitrogen functional groups attached to an aromatic ring is 1. The molecule has 2 aliphatic heterocycles. The van der Waals surface area contributed by atoms with Crippen LogP contribution in [0.4, 0.5) is 26.4 Å². The van der Waals surface area contributed by atoms with E-state index in [0.29, 0.717) is 55.4 Å². The van der Waals surface area contributed by atoms with Crippen molar-refractivity contribution in [2.45, 2.75) is 12.8 Å². The average molecular weight is 570 g/mol. The highest BCUT2D eigenvalue weighted by atomic mass is 19.1. The standard InChI is InChI=1S/C26H29F2N9O4/c27-17-11-18(28)21(41-15-22(38)39)12-19(17)35-8-6-34(7-9-35)13-16-3-1-5-36(14-16)25-31-24(29)37-26(32-25)30-23(33-37)20-4-2-10-40-20/h2,4,10-12,16H,1,3,5-9,13-15H2,(H,38,39)(H2,29,30,31,32,33)/t16-/m0/s1. The minimum Gasteiger partial charge on any atom is -0.479 e. The number of ether oxygens (including phenoxy) is 1. The number of fused-ring (bicyclic) bond motifs is 1. The summed E-state index contributed by atoms with van der Waals surface area (Å²) < 4.78 is 40.4. The number of rotatable bonds is 8. The fourth-order valence-corrected chi connectivity index (χ4v) is 5.39. The van der Waals surface area contributed by atoms with Crippen LogP contribution < -0.4 is 20.3 Å². The highest BCUT2D eigenvalue weighted by Crippen LogP contribution is 2.30. The van der Waals surface area contributed by atoms with Crippen molar-refractivity contribution in [1.82, 2.24) is 29.5 Å². The molecule has 2 saturated heterocycles. The van der Waals surface area contributed by atoms with E-state index in [-0.39, 0.29) is 17.4 Å². The first-order valence-electron chi connectivity index (χ1n) is 13.3. The number of nitrogens with zero attached hydrogens (tertiary/aromatic N) is 8. The van der Waals surface area contributed by atoms with Gasteiger partial charge in [0.2, 0.25) is 17.7 Å². The quantitative estimate of drug-likeness (QED) is 0.320. The second-order valence-corrected chi connectivity index (χ2v) is 10.2. The number of anilines is 3. The smallest absolute Gasteiger partial charge is 0.341 e. The Hall–Kier alpha value is -4.53. The number of carboxylic acid groups (broad SMARTS) is 1. The highest BCUT2D eigenvalue weighted by molar-refractivity contribution is 5.68. The molecule has 0 aliphatic carbocycles. The van der Waals surface area contributed by atoms with E-state index >= 15 is 0 Å². The van der Waals surface area contributed by atoms with Crippen molar-refractivity contribution >= 4 is 29.3 Å². The topological polar surface area (TPSA) is 151 Å². The Balaban J connectivity index is 1.08.